The van der Waals surface area contributed by atoms with Crippen molar-refractivity contribution in [2.45, 2.75) is 33.1 Å². The largest absolute Gasteiger partial charge is 0.462 e. The van der Waals surface area contributed by atoms with Gasteiger partial charge in [0.15, 0.2) is 5.69 Å². The van der Waals surface area contributed by atoms with Gasteiger partial charge < -0.3 is 14.6 Å². The van der Waals surface area contributed by atoms with Gasteiger partial charge in [-0.1, -0.05) is 12.1 Å². The molecule has 24 heavy (non-hydrogen) atoms. The van der Waals surface area contributed by atoms with Crippen LogP contribution in [0.5, 0.6) is 0 Å². The lowest BCUT2D eigenvalue weighted by Gasteiger charge is -2.16. The minimum Gasteiger partial charge on any atom is -0.462 e. The van der Waals surface area contributed by atoms with E-state index in [1.54, 1.807) is 31.2 Å². The first-order valence-corrected chi connectivity index (χ1v) is 8.14. The van der Waals surface area contributed by atoms with Gasteiger partial charge in [-0.25, -0.2) is 4.79 Å². The fourth-order valence-electron chi connectivity index (χ4n) is 2.85. The van der Waals surface area contributed by atoms with Crippen LogP contribution in [-0.2, 0) is 17.6 Å². The number of anilines is 1. The summed E-state index contributed by atoms with van der Waals surface area (Å²) in [6, 6.07) is 6.57. The summed E-state index contributed by atoms with van der Waals surface area (Å²) in [5.74, 6) is 0.663. The summed E-state index contributed by atoms with van der Waals surface area (Å²) in [6.07, 6.45) is 2.69. The molecule has 0 radical (unpaired) electrons. The summed E-state index contributed by atoms with van der Waals surface area (Å²) < 4.78 is 10.2. The fraction of sp³-hybridized carbons (Fsp3) is 0.389. The summed E-state index contributed by atoms with van der Waals surface area (Å²) in [7, 11) is 0. The van der Waals surface area contributed by atoms with Gasteiger partial charge in [0, 0.05) is 17.7 Å². The molecule has 1 aliphatic rings. The molecule has 6 heteroatoms. The first kappa shape index (κ1) is 16.2. The number of nitrogens with one attached hydrogen (secondary N) is 1. The number of aromatic nitrogens is 1. The molecule has 0 spiro atoms. The van der Waals surface area contributed by atoms with Gasteiger partial charge >= 0.3 is 5.97 Å². The lowest BCUT2D eigenvalue weighted by Crippen LogP contribution is -2.18. The molecule has 0 bridgehead atoms. The first-order chi connectivity index (χ1) is 11.6. The van der Waals surface area contributed by atoms with Crippen LogP contribution in [0.4, 0.5) is 5.69 Å². The van der Waals surface area contributed by atoms with Crippen molar-refractivity contribution >= 4 is 17.6 Å². The number of ether oxygens (including phenoxy) is 1. The highest BCUT2D eigenvalue weighted by Crippen LogP contribution is 2.28. The van der Waals surface area contributed by atoms with Gasteiger partial charge in [-0.05, 0) is 49.9 Å². The van der Waals surface area contributed by atoms with Crippen molar-refractivity contribution < 1.29 is 18.8 Å². The third kappa shape index (κ3) is 3.32. The zero-order valence-corrected chi connectivity index (χ0v) is 13.8. The fourth-order valence-corrected chi connectivity index (χ4v) is 2.85. The quantitative estimate of drug-likeness (QED) is 0.871. The van der Waals surface area contributed by atoms with Gasteiger partial charge in [0.1, 0.15) is 5.76 Å². The summed E-state index contributed by atoms with van der Waals surface area (Å²) in [5.41, 5.74) is 2.30. The monoisotopic (exact) mass is 328 g/mol. The van der Waals surface area contributed by atoms with Gasteiger partial charge in [0.25, 0.3) is 5.91 Å². The van der Waals surface area contributed by atoms with E-state index in [9.17, 15) is 9.59 Å². The second kappa shape index (κ2) is 6.86. The lowest BCUT2D eigenvalue weighted by molar-refractivity contribution is 0.0526. The van der Waals surface area contributed by atoms with E-state index in [1.165, 1.54) is 0 Å². The summed E-state index contributed by atoms with van der Waals surface area (Å²) in [6.45, 7) is 4.24. The van der Waals surface area contributed by atoms with Crippen LogP contribution in [-0.4, -0.2) is 23.6 Å². The number of amides is 1. The highest BCUT2D eigenvalue weighted by molar-refractivity contribution is 6.04. The number of aryl methyl sites for hydroxylation is 1. The van der Waals surface area contributed by atoms with Crippen molar-refractivity contribution in [3.63, 3.8) is 0 Å². The topological polar surface area (TPSA) is 81.4 Å². The molecule has 1 atom stereocenters. The SMILES string of the molecule is CCOC(=O)c1ccc(NC(=O)c2noc3c2C[C@H](C)CC3)cc1. The van der Waals surface area contributed by atoms with Crippen LogP contribution in [0.1, 0.15) is 52.4 Å². The highest BCUT2D eigenvalue weighted by Gasteiger charge is 2.26. The van der Waals surface area contributed by atoms with Crippen molar-refractivity contribution in [2.75, 3.05) is 11.9 Å². The molecular weight excluding hydrogens is 308 g/mol. The summed E-state index contributed by atoms with van der Waals surface area (Å²) in [4.78, 5) is 24.1. The molecule has 0 fully saturated rings. The van der Waals surface area contributed by atoms with Gasteiger partial charge in [-0.2, -0.15) is 0 Å². The predicted octanol–water partition coefficient (Wildman–Crippen LogP) is 3.23. The van der Waals surface area contributed by atoms with E-state index < -0.39 is 0 Å². The molecule has 0 aliphatic heterocycles. The van der Waals surface area contributed by atoms with Crippen molar-refractivity contribution in [3.8, 4) is 0 Å². The van der Waals surface area contributed by atoms with E-state index in [2.05, 4.69) is 17.4 Å². The molecule has 1 aromatic heterocycles. The van der Waals surface area contributed by atoms with Crippen LogP contribution >= 0.6 is 0 Å². The molecule has 6 nitrogen and oxygen atoms in total. The van der Waals surface area contributed by atoms with Crippen LogP contribution in [0.15, 0.2) is 28.8 Å². The Labute approximate surface area is 140 Å². The Morgan fingerprint density at radius 2 is 2.08 bits per heavy atom. The molecule has 2 aromatic rings. The Balaban J connectivity index is 1.71. The molecule has 0 unspecified atom stereocenters. The molecule has 1 aliphatic carbocycles. The number of hydrogen-bond donors (Lipinski definition) is 1. The smallest absolute Gasteiger partial charge is 0.338 e. The third-order valence-electron chi connectivity index (χ3n) is 4.16. The Morgan fingerprint density at radius 3 is 2.79 bits per heavy atom. The molecule has 1 heterocycles. The lowest BCUT2D eigenvalue weighted by atomic mass is 9.88. The van der Waals surface area contributed by atoms with Crippen molar-refractivity contribution in [1.82, 2.24) is 5.16 Å². The van der Waals surface area contributed by atoms with Gasteiger partial charge in [-0.15, -0.1) is 0 Å². The molecule has 1 amide bonds. The van der Waals surface area contributed by atoms with Crippen molar-refractivity contribution in [1.29, 1.82) is 0 Å². The predicted molar refractivity (Wildman–Crippen MR) is 88.0 cm³/mol. The van der Waals surface area contributed by atoms with Gasteiger partial charge in [0.05, 0.1) is 12.2 Å². The number of fused-ring (bicyclic) bond motifs is 1. The van der Waals surface area contributed by atoms with E-state index >= 15 is 0 Å². The molecule has 0 saturated carbocycles. The summed E-state index contributed by atoms with van der Waals surface area (Å²) in [5, 5.41) is 6.73. The minimum atomic E-state index is -0.380. The molecule has 1 N–H and O–H groups in total. The number of nitrogens with zero attached hydrogens (tertiary/aromatic N) is 1. The maximum absolute atomic E-state index is 12.4. The van der Waals surface area contributed by atoms with Crippen molar-refractivity contribution in [2.24, 2.45) is 5.92 Å². The summed E-state index contributed by atoms with van der Waals surface area (Å²) >= 11 is 0. The Hall–Kier alpha value is -2.63. The first-order valence-electron chi connectivity index (χ1n) is 8.14. The van der Waals surface area contributed by atoms with Crippen LogP contribution in [0.25, 0.3) is 0 Å². The van der Waals surface area contributed by atoms with E-state index in [1.807, 2.05) is 0 Å². The Bertz CT molecular complexity index is 749. The van der Waals surface area contributed by atoms with E-state index in [4.69, 9.17) is 9.26 Å². The van der Waals surface area contributed by atoms with Gasteiger partial charge in [-0.3, -0.25) is 4.79 Å². The zero-order chi connectivity index (χ0) is 17.1. The molecule has 0 saturated heterocycles. The number of carbonyl (C=O) groups is 2. The average Bonchev–Trinajstić information content (AvgIpc) is 2.98. The number of benzene rings is 1. The number of hydrogen-bond acceptors (Lipinski definition) is 5. The van der Waals surface area contributed by atoms with E-state index in [-0.39, 0.29) is 11.9 Å². The van der Waals surface area contributed by atoms with Crippen molar-refractivity contribution in [3.05, 3.63) is 46.8 Å². The van der Waals surface area contributed by atoms with Crippen LogP contribution in [0, 0.1) is 5.92 Å². The standard InChI is InChI=1S/C18H20N2O4/c1-3-23-18(22)12-5-7-13(8-6-12)19-17(21)16-14-10-11(2)4-9-15(14)24-20-16/h5-8,11H,3-4,9-10H2,1-2H3,(H,19,21)/t11-/m1/s1. The Kier molecular flexibility index (Phi) is 4.64. The molecule has 1 aromatic carbocycles. The maximum Gasteiger partial charge on any atom is 0.338 e. The maximum atomic E-state index is 12.4. The number of rotatable bonds is 4. The normalized spacial score (nSPS) is 16.3. The second-order valence-electron chi connectivity index (χ2n) is 6.03. The molecule has 3 rings (SSSR count). The van der Waals surface area contributed by atoms with Crippen LogP contribution < -0.4 is 5.32 Å². The average molecular weight is 328 g/mol. The molecular formula is C18H20N2O4. The van der Waals surface area contributed by atoms with Crippen LogP contribution in [0.3, 0.4) is 0 Å². The van der Waals surface area contributed by atoms with Gasteiger partial charge in [0.2, 0.25) is 0 Å². The number of carbonyl (C=O) groups excluding carboxylic acids is 2. The van der Waals surface area contributed by atoms with Crippen LogP contribution in [0.2, 0.25) is 0 Å². The Morgan fingerprint density at radius 1 is 1.33 bits per heavy atom. The van der Waals surface area contributed by atoms with E-state index in [0.29, 0.717) is 29.5 Å². The third-order valence-corrected chi connectivity index (χ3v) is 4.16. The van der Waals surface area contributed by atoms with E-state index in [0.717, 1.165) is 30.6 Å². The highest BCUT2D eigenvalue weighted by atomic mass is 16.5. The zero-order valence-electron chi connectivity index (χ0n) is 13.8. The number of esters is 1. The minimum absolute atomic E-state index is 0.294. The second-order valence-corrected chi connectivity index (χ2v) is 6.03. The molecule has 126 valence electrons.